The molecule has 1 aliphatic rings. The van der Waals surface area contributed by atoms with Crippen LogP contribution in [0.4, 0.5) is 0 Å². The minimum absolute atomic E-state index is 0.170. The minimum atomic E-state index is -0.291. The Morgan fingerprint density at radius 3 is 3.00 bits per heavy atom. The number of thiophene rings is 1. The Kier molecular flexibility index (Phi) is 4.63. The maximum absolute atomic E-state index is 12.3. The zero-order valence-electron chi connectivity index (χ0n) is 16.2. The molecule has 0 fully saturated rings. The molecule has 0 bridgehead atoms. The number of amides is 1. The van der Waals surface area contributed by atoms with Crippen LogP contribution in [0.2, 0.25) is 0 Å². The normalized spacial score (nSPS) is 17.4. The third kappa shape index (κ3) is 3.32. The lowest BCUT2D eigenvalue weighted by molar-refractivity contribution is 0.0927. The summed E-state index contributed by atoms with van der Waals surface area (Å²) in [5, 5.41) is 8.15. The Hall–Kier alpha value is -2.06. The summed E-state index contributed by atoms with van der Waals surface area (Å²) in [7, 11) is 1.60. The number of hydrogen-bond donors (Lipinski definition) is 1. The van der Waals surface area contributed by atoms with E-state index in [0.29, 0.717) is 24.5 Å². The van der Waals surface area contributed by atoms with Crippen molar-refractivity contribution in [3.63, 3.8) is 0 Å². The van der Waals surface area contributed by atoms with Crippen LogP contribution in [0.3, 0.4) is 0 Å². The third-order valence-corrected chi connectivity index (χ3v) is 6.57. The van der Waals surface area contributed by atoms with Gasteiger partial charge in [-0.3, -0.25) is 4.79 Å². The lowest BCUT2D eigenvalue weighted by atomic mass is 9.72. The van der Waals surface area contributed by atoms with Crippen LogP contribution in [0.1, 0.15) is 48.3 Å². The Morgan fingerprint density at radius 1 is 1.44 bits per heavy atom. The molecule has 7 nitrogen and oxygen atoms in total. The highest BCUT2D eigenvalue weighted by atomic mass is 32.1. The number of rotatable bonds is 4. The van der Waals surface area contributed by atoms with E-state index < -0.39 is 0 Å². The lowest BCUT2D eigenvalue weighted by Gasteiger charge is -2.33. The van der Waals surface area contributed by atoms with Crippen molar-refractivity contribution in [1.82, 2.24) is 24.9 Å². The zero-order chi connectivity index (χ0) is 19.2. The summed E-state index contributed by atoms with van der Waals surface area (Å²) < 4.78 is 6.58. The molecule has 1 amide bonds. The third-order valence-electron chi connectivity index (χ3n) is 5.41. The van der Waals surface area contributed by atoms with Gasteiger partial charge in [-0.2, -0.15) is 0 Å². The predicted molar refractivity (Wildman–Crippen MR) is 105 cm³/mol. The molecule has 1 aliphatic carbocycles. The number of hydrogen-bond acceptors (Lipinski definition) is 6. The van der Waals surface area contributed by atoms with Gasteiger partial charge in [0.15, 0.2) is 5.65 Å². The van der Waals surface area contributed by atoms with Crippen molar-refractivity contribution < 1.29 is 9.53 Å². The molecule has 8 heteroatoms. The second-order valence-corrected chi connectivity index (χ2v) is 9.27. The number of carbonyl (C=O) groups excluding carboxylic acids is 1. The first-order chi connectivity index (χ1) is 12.9. The van der Waals surface area contributed by atoms with Crippen LogP contribution in [-0.4, -0.2) is 45.8 Å². The Labute approximate surface area is 162 Å². The van der Waals surface area contributed by atoms with Gasteiger partial charge in [-0.25, -0.2) is 14.5 Å². The maximum Gasteiger partial charge on any atom is 0.291 e. The summed E-state index contributed by atoms with van der Waals surface area (Å²) in [6.07, 6.45) is 4.94. The SMILES string of the molecule is COCCNC(=O)c1nc2c3c4c(sc3ncn2n1)C[C@H](C(C)(C)C)CC4. The predicted octanol–water partition coefficient (Wildman–Crippen LogP) is 2.87. The standard InChI is InChI=1S/C19H25N5O2S/c1-19(2,3)11-5-6-12-13(9-11)27-18-14(12)16-22-15(23-24(16)10-21-18)17(25)20-7-8-26-4/h10-11H,5-9H2,1-4H3,(H,20,25)/t11-/m1/s1. The molecule has 0 spiro atoms. The number of methoxy groups -OCH3 is 1. The first-order valence-electron chi connectivity index (χ1n) is 9.31. The highest BCUT2D eigenvalue weighted by Crippen LogP contribution is 2.43. The average Bonchev–Trinajstić information content (AvgIpc) is 3.21. The molecular formula is C19H25N5O2S. The fourth-order valence-corrected chi connectivity index (χ4v) is 5.02. The van der Waals surface area contributed by atoms with E-state index in [0.717, 1.165) is 28.7 Å². The number of nitrogens with one attached hydrogen (secondary N) is 1. The molecule has 3 aromatic heterocycles. The number of aryl methyl sites for hydroxylation is 1. The Balaban J connectivity index is 1.72. The smallest absolute Gasteiger partial charge is 0.291 e. The van der Waals surface area contributed by atoms with E-state index in [1.165, 1.54) is 16.9 Å². The number of fused-ring (bicyclic) bond motifs is 5. The molecule has 4 rings (SSSR count). The van der Waals surface area contributed by atoms with Gasteiger partial charge >= 0.3 is 0 Å². The molecule has 3 heterocycles. The molecule has 0 unspecified atom stereocenters. The summed E-state index contributed by atoms with van der Waals surface area (Å²) >= 11 is 1.76. The van der Waals surface area contributed by atoms with Crippen molar-refractivity contribution in [2.24, 2.45) is 11.3 Å². The van der Waals surface area contributed by atoms with Crippen LogP contribution < -0.4 is 5.32 Å². The van der Waals surface area contributed by atoms with Crippen LogP contribution in [0.5, 0.6) is 0 Å². The Bertz CT molecular complexity index is 1000. The van der Waals surface area contributed by atoms with Gasteiger partial charge in [-0.1, -0.05) is 20.8 Å². The van der Waals surface area contributed by atoms with Gasteiger partial charge in [-0.05, 0) is 36.2 Å². The molecular weight excluding hydrogens is 362 g/mol. The van der Waals surface area contributed by atoms with Crippen molar-refractivity contribution in [2.45, 2.75) is 40.0 Å². The number of carbonyl (C=O) groups is 1. The van der Waals surface area contributed by atoms with Crippen LogP contribution in [0.25, 0.3) is 15.9 Å². The van der Waals surface area contributed by atoms with E-state index in [1.807, 2.05) is 0 Å². The topological polar surface area (TPSA) is 81.4 Å². The highest BCUT2D eigenvalue weighted by molar-refractivity contribution is 7.19. The summed E-state index contributed by atoms with van der Waals surface area (Å²) in [4.78, 5) is 23.8. The lowest BCUT2D eigenvalue weighted by Crippen LogP contribution is -2.27. The molecule has 0 saturated heterocycles. The molecule has 1 atom stereocenters. The summed E-state index contributed by atoms with van der Waals surface area (Å²) in [5.41, 5.74) is 2.37. The second kappa shape index (κ2) is 6.83. The van der Waals surface area contributed by atoms with Crippen LogP contribution >= 0.6 is 11.3 Å². The fourth-order valence-electron chi connectivity index (χ4n) is 3.76. The van der Waals surface area contributed by atoms with Gasteiger partial charge in [0, 0.05) is 18.5 Å². The quantitative estimate of drug-likeness (QED) is 0.696. The van der Waals surface area contributed by atoms with E-state index in [2.05, 4.69) is 41.2 Å². The summed E-state index contributed by atoms with van der Waals surface area (Å²) in [6, 6.07) is 0. The van der Waals surface area contributed by atoms with Crippen molar-refractivity contribution >= 4 is 33.1 Å². The molecule has 3 aromatic rings. The van der Waals surface area contributed by atoms with Crippen LogP contribution in [0.15, 0.2) is 6.33 Å². The monoisotopic (exact) mass is 387 g/mol. The molecule has 0 aliphatic heterocycles. The molecule has 1 N–H and O–H groups in total. The van der Waals surface area contributed by atoms with Crippen molar-refractivity contribution in [3.05, 3.63) is 22.6 Å². The molecule has 0 radical (unpaired) electrons. The van der Waals surface area contributed by atoms with Gasteiger partial charge in [0.25, 0.3) is 5.91 Å². The van der Waals surface area contributed by atoms with Crippen LogP contribution in [-0.2, 0) is 17.6 Å². The summed E-state index contributed by atoms with van der Waals surface area (Å²) in [5.74, 6) is 0.554. The van der Waals surface area contributed by atoms with Gasteiger partial charge in [-0.15, -0.1) is 16.4 Å². The van der Waals surface area contributed by atoms with E-state index in [-0.39, 0.29) is 11.7 Å². The molecule has 0 aromatic carbocycles. The van der Waals surface area contributed by atoms with Gasteiger partial charge in [0.2, 0.25) is 5.82 Å². The fraction of sp³-hybridized carbons (Fsp3) is 0.579. The van der Waals surface area contributed by atoms with Gasteiger partial charge < -0.3 is 10.1 Å². The molecule has 27 heavy (non-hydrogen) atoms. The van der Waals surface area contributed by atoms with E-state index in [1.54, 1.807) is 29.3 Å². The van der Waals surface area contributed by atoms with Crippen molar-refractivity contribution in [1.29, 1.82) is 0 Å². The second-order valence-electron chi connectivity index (χ2n) is 8.19. The minimum Gasteiger partial charge on any atom is -0.383 e. The maximum atomic E-state index is 12.3. The number of ether oxygens (including phenoxy) is 1. The first kappa shape index (κ1) is 18.3. The average molecular weight is 388 g/mol. The first-order valence-corrected chi connectivity index (χ1v) is 10.1. The van der Waals surface area contributed by atoms with E-state index in [4.69, 9.17) is 4.74 Å². The Morgan fingerprint density at radius 2 is 2.26 bits per heavy atom. The van der Waals surface area contributed by atoms with Crippen molar-refractivity contribution in [2.75, 3.05) is 20.3 Å². The highest BCUT2D eigenvalue weighted by Gasteiger charge is 2.32. The largest absolute Gasteiger partial charge is 0.383 e. The van der Waals surface area contributed by atoms with Crippen LogP contribution in [0, 0.1) is 11.3 Å². The van der Waals surface area contributed by atoms with Gasteiger partial charge in [0.1, 0.15) is 11.2 Å². The summed E-state index contributed by atoms with van der Waals surface area (Å²) in [6.45, 7) is 7.84. The van der Waals surface area contributed by atoms with E-state index >= 15 is 0 Å². The molecule has 0 saturated carbocycles. The van der Waals surface area contributed by atoms with E-state index in [9.17, 15) is 4.79 Å². The number of nitrogens with zero attached hydrogens (tertiary/aromatic N) is 4. The number of aromatic nitrogens is 4. The van der Waals surface area contributed by atoms with Crippen molar-refractivity contribution in [3.8, 4) is 0 Å². The zero-order valence-corrected chi connectivity index (χ0v) is 17.0. The van der Waals surface area contributed by atoms with Gasteiger partial charge in [0.05, 0.1) is 12.0 Å². The molecule has 144 valence electrons.